The van der Waals surface area contributed by atoms with Crippen LogP contribution in [0.2, 0.25) is 0 Å². The van der Waals surface area contributed by atoms with Crippen molar-refractivity contribution in [3.8, 4) is 17.6 Å². The highest BCUT2D eigenvalue weighted by molar-refractivity contribution is 7.15. The first-order valence-electron chi connectivity index (χ1n) is 12.2. The molecule has 0 aliphatic heterocycles. The van der Waals surface area contributed by atoms with Crippen molar-refractivity contribution in [3.05, 3.63) is 34.5 Å². The summed E-state index contributed by atoms with van der Waals surface area (Å²) < 4.78 is 5.76. The van der Waals surface area contributed by atoms with E-state index >= 15 is 0 Å². The van der Waals surface area contributed by atoms with Crippen molar-refractivity contribution in [2.24, 2.45) is 17.3 Å². The number of aromatic carboxylic acids is 1. The monoisotopic (exact) mass is 497 g/mol. The number of amides is 1. The molecule has 1 aliphatic rings. The van der Waals surface area contributed by atoms with Gasteiger partial charge >= 0.3 is 5.97 Å². The second kappa shape index (κ2) is 11.7. The Hall–Kier alpha value is -2.92. The zero-order chi connectivity index (χ0) is 25.6. The Kier molecular flexibility index (Phi) is 8.90. The molecule has 8 heteroatoms. The fourth-order valence-corrected chi connectivity index (χ4v) is 4.98. The van der Waals surface area contributed by atoms with Gasteiger partial charge in [0.2, 0.25) is 5.91 Å². The van der Waals surface area contributed by atoms with Crippen LogP contribution < -0.4 is 9.64 Å². The second-order valence-corrected chi connectivity index (χ2v) is 11.4. The van der Waals surface area contributed by atoms with Gasteiger partial charge < -0.3 is 14.7 Å². The average molecular weight is 498 g/mol. The molecule has 1 amide bonds. The van der Waals surface area contributed by atoms with Gasteiger partial charge in [-0.3, -0.25) is 4.79 Å². The maximum absolute atomic E-state index is 13.8. The van der Waals surface area contributed by atoms with Gasteiger partial charge in [-0.2, -0.15) is 0 Å². The van der Waals surface area contributed by atoms with Gasteiger partial charge in [-0.15, -0.1) is 11.3 Å². The van der Waals surface area contributed by atoms with Crippen molar-refractivity contribution < 1.29 is 19.4 Å². The minimum Gasteiger partial charge on any atom is -0.490 e. The van der Waals surface area contributed by atoms with Crippen LogP contribution in [0, 0.1) is 29.1 Å². The van der Waals surface area contributed by atoms with Crippen LogP contribution in [-0.2, 0) is 4.79 Å². The molecule has 1 atom stereocenters. The van der Waals surface area contributed by atoms with Crippen LogP contribution >= 0.6 is 11.3 Å². The lowest BCUT2D eigenvalue weighted by molar-refractivity contribution is -0.124. The van der Waals surface area contributed by atoms with E-state index in [0.29, 0.717) is 35.3 Å². The highest BCUT2D eigenvalue weighted by Crippen LogP contribution is 2.36. The summed E-state index contributed by atoms with van der Waals surface area (Å²) in [5.74, 6) is 6.28. The Balaban J connectivity index is 1.90. The third-order valence-corrected chi connectivity index (χ3v) is 7.14. The van der Waals surface area contributed by atoms with E-state index in [0.717, 1.165) is 37.0 Å². The number of carboxylic acids is 1. The number of carbonyl (C=O) groups is 2. The Morgan fingerprint density at radius 1 is 1.23 bits per heavy atom. The lowest BCUT2D eigenvalue weighted by Crippen LogP contribution is -2.44. The Bertz CT molecular complexity index is 1070. The molecule has 0 aromatic carbocycles. The Morgan fingerprint density at radius 3 is 2.49 bits per heavy atom. The first-order chi connectivity index (χ1) is 16.5. The summed E-state index contributed by atoms with van der Waals surface area (Å²) in [6.07, 6.45) is 8.80. The number of carbonyl (C=O) groups excluding carboxylic acids is 1. The Morgan fingerprint density at radius 2 is 1.89 bits per heavy atom. The fraction of sp³-hybridized carbons (Fsp3) is 0.556. The minimum absolute atomic E-state index is 0.0110. The lowest BCUT2D eigenvalue weighted by Gasteiger charge is -2.34. The summed E-state index contributed by atoms with van der Waals surface area (Å²) in [5.41, 5.74) is 0.216. The third kappa shape index (κ3) is 7.53. The van der Waals surface area contributed by atoms with E-state index < -0.39 is 5.97 Å². The van der Waals surface area contributed by atoms with Crippen LogP contribution in [0.1, 0.15) is 81.3 Å². The van der Waals surface area contributed by atoms with E-state index in [-0.39, 0.29) is 28.2 Å². The van der Waals surface area contributed by atoms with Crippen molar-refractivity contribution in [2.75, 3.05) is 11.5 Å². The van der Waals surface area contributed by atoms with E-state index in [1.54, 1.807) is 23.4 Å². The topological polar surface area (TPSA) is 92.6 Å². The van der Waals surface area contributed by atoms with Crippen molar-refractivity contribution in [3.63, 3.8) is 0 Å². The first-order valence-corrected chi connectivity index (χ1v) is 13.0. The number of thiophene rings is 1. The molecule has 1 aliphatic carbocycles. The summed E-state index contributed by atoms with van der Waals surface area (Å²) >= 11 is 1.12. The molecule has 188 valence electrons. The molecule has 0 saturated heterocycles. The van der Waals surface area contributed by atoms with Gasteiger partial charge in [0, 0.05) is 23.8 Å². The fourth-order valence-electron chi connectivity index (χ4n) is 4.14. The van der Waals surface area contributed by atoms with Crippen LogP contribution in [0.25, 0.3) is 0 Å². The minimum atomic E-state index is -1.05. The van der Waals surface area contributed by atoms with Crippen molar-refractivity contribution in [1.29, 1.82) is 0 Å². The third-order valence-electron chi connectivity index (χ3n) is 6.11. The summed E-state index contributed by atoms with van der Waals surface area (Å²) in [6.45, 7) is 10.5. The van der Waals surface area contributed by atoms with Crippen LogP contribution in [0.5, 0.6) is 5.75 Å². The van der Waals surface area contributed by atoms with Crippen LogP contribution in [0.3, 0.4) is 0 Å². The molecular formula is C27H35N3O4S. The predicted molar refractivity (Wildman–Crippen MR) is 138 cm³/mol. The largest absolute Gasteiger partial charge is 0.490 e. The zero-order valence-electron chi connectivity index (χ0n) is 21.2. The molecule has 1 N–H and O–H groups in total. The number of anilines is 1. The maximum atomic E-state index is 13.8. The van der Waals surface area contributed by atoms with Crippen molar-refractivity contribution >= 4 is 28.9 Å². The smallest absolute Gasteiger partial charge is 0.348 e. The lowest BCUT2D eigenvalue weighted by atomic mass is 9.82. The molecule has 1 fully saturated rings. The molecular weight excluding hydrogens is 462 g/mol. The van der Waals surface area contributed by atoms with Gasteiger partial charge in [0.25, 0.3) is 0 Å². The molecule has 35 heavy (non-hydrogen) atoms. The SMILES string of the molecule is CC1CCC(C(=O)N(c2cc(C#CC(C)(C)C)sc2C(=O)O)C(C)CCOc2cncnc2)CC1. The van der Waals surface area contributed by atoms with E-state index in [1.165, 1.54) is 6.33 Å². The van der Waals surface area contributed by atoms with Gasteiger partial charge in [0.1, 0.15) is 11.2 Å². The number of rotatable bonds is 8. The van der Waals surface area contributed by atoms with Gasteiger partial charge in [-0.05, 0) is 65.4 Å². The van der Waals surface area contributed by atoms with Crippen LogP contribution in [0.15, 0.2) is 24.8 Å². The number of aromatic nitrogens is 2. The summed E-state index contributed by atoms with van der Waals surface area (Å²) in [4.78, 5) is 36.4. The van der Waals surface area contributed by atoms with Gasteiger partial charge in [0.05, 0.1) is 29.6 Å². The maximum Gasteiger partial charge on any atom is 0.348 e. The molecule has 7 nitrogen and oxygen atoms in total. The van der Waals surface area contributed by atoms with Gasteiger partial charge in [0.15, 0.2) is 5.75 Å². The number of hydrogen-bond donors (Lipinski definition) is 1. The summed E-state index contributed by atoms with van der Waals surface area (Å²) in [6, 6.07) is 1.50. The second-order valence-electron chi connectivity index (χ2n) is 10.4. The Labute approximate surface area is 211 Å². The van der Waals surface area contributed by atoms with E-state index in [2.05, 4.69) is 28.7 Å². The molecule has 1 saturated carbocycles. The van der Waals surface area contributed by atoms with E-state index in [4.69, 9.17) is 4.74 Å². The number of ether oxygens (including phenoxy) is 1. The molecule has 1 unspecified atom stereocenters. The van der Waals surface area contributed by atoms with Gasteiger partial charge in [-0.1, -0.05) is 18.8 Å². The number of hydrogen-bond acceptors (Lipinski definition) is 6. The number of nitrogens with zero attached hydrogens (tertiary/aromatic N) is 3. The van der Waals surface area contributed by atoms with Gasteiger partial charge in [-0.25, -0.2) is 14.8 Å². The quantitative estimate of drug-likeness (QED) is 0.474. The molecule has 2 heterocycles. The van der Waals surface area contributed by atoms with Crippen molar-refractivity contribution in [1.82, 2.24) is 9.97 Å². The molecule has 0 bridgehead atoms. The molecule has 0 radical (unpaired) electrons. The van der Waals surface area contributed by atoms with Crippen LogP contribution in [-0.4, -0.2) is 39.6 Å². The van der Waals surface area contributed by atoms with Crippen molar-refractivity contribution in [2.45, 2.75) is 72.8 Å². The molecule has 2 aromatic heterocycles. The summed E-state index contributed by atoms with van der Waals surface area (Å²) in [5, 5.41) is 9.98. The highest BCUT2D eigenvalue weighted by atomic mass is 32.1. The standard InChI is InChI=1S/C27H35N3O4S/c1-18-6-8-20(9-7-18)25(31)30(19(2)11-13-34-21-15-28-17-29-16-21)23-14-22(10-12-27(3,4)5)35-24(23)26(32)33/h14-20H,6-9,11,13H2,1-5H3,(H,32,33). The molecule has 3 rings (SSSR count). The zero-order valence-corrected chi connectivity index (χ0v) is 22.0. The highest BCUT2D eigenvalue weighted by Gasteiger charge is 2.34. The summed E-state index contributed by atoms with van der Waals surface area (Å²) in [7, 11) is 0. The molecule has 0 spiro atoms. The normalized spacial score (nSPS) is 18.8. The predicted octanol–water partition coefficient (Wildman–Crippen LogP) is 5.65. The number of carboxylic acid groups (broad SMARTS) is 1. The first kappa shape index (κ1) is 26.7. The van der Waals surface area contributed by atoms with E-state index in [1.807, 2.05) is 27.7 Å². The average Bonchev–Trinajstić information content (AvgIpc) is 3.23. The van der Waals surface area contributed by atoms with E-state index in [9.17, 15) is 14.7 Å². The van der Waals surface area contributed by atoms with Crippen LogP contribution in [0.4, 0.5) is 5.69 Å². The molecule has 2 aromatic rings.